The standard InChI is InChI=1S/C23H26N2O8S/c1-34(31,32)11-10-19(21(27)24-12-20(26)22(28)29)25-23(30)33-13-18-16-8-4-2-6-14(16)15-7-3-5-9-17(15)18/h2-9,18-20,26H,10-13H2,1H3,(H,24,27)(H,25,30)(H,28,29). The lowest BCUT2D eigenvalue weighted by atomic mass is 9.98. The Labute approximate surface area is 196 Å². The summed E-state index contributed by atoms with van der Waals surface area (Å²) in [5.41, 5.74) is 4.11. The number of aliphatic carboxylic acids is 1. The molecule has 1 aliphatic rings. The summed E-state index contributed by atoms with van der Waals surface area (Å²) in [6, 6.07) is 14.2. The lowest BCUT2D eigenvalue weighted by molar-refractivity contribution is -0.146. The average Bonchev–Trinajstić information content (AvgIpc) is 3.11. The Balaban J connectivity index is 1.66. The zero-order chi connectivity index (χ0) is 24.9. The van der Waals surface area contributed by atoms with Gasteiger partial charge in [0.15, 0.2) is 6.10 Å². The van der Waals surface area contributed by atoms with E-state index in [9.17, 15) is 27.9 Å². The Morgan fingerprint density at radius 2 is 1.59 bits per heavy atom. The maximum Gasteiger partial charge on any atom is 0.407 e. The summed E-state index contributed by atoms with van der Waals surface area (Å²) in [5, 5.41) is 22.6. The van der Waals surface area contributed by atoms with Gasteiger partial charge in [-0.15, -0.1) is 0 Å². The minimum Gasteiger partial charge on any atom is -0.479 e. The van der Waals surface area contributed by atoms with Crippen molar-refractivity contribution < 1.29 is 37.8 Å². The molecule has 2 amide bonds. The van der Waals surface area contributed by atoms with Crippen LogP contribution in [0.2, 0.25) is 0 Å². The van der Waals surface area contributed by atoms with Crippen molar-refractivity contribution in [3.63, 3.8) is 0 Å². The average molecular weight is 491 g/mol. The van der Waals surface area contributed by atoms with Gasteiger partial charge in [-0.25, -0.2) is 18.0 Å². The number of alkyl carbamates (subject to hydrolysis) is 1. The number of carboxylic acid groups (broad SMARTS) is 1. The van der Waals surface area contributed by atoms with Gasteiger partial charge in [-0.2, -0.15) is 0 Å². The first kappa shape index (κ1) is 25.2. The molecule has 182 valence electrons. The first-order valence-corrected chi connectivity index (χ1v) is 12.6. The number of carbonyl (C=O) groups excluding carboxylic acids is 2. The van der Waals surface area contributed by atoms with Crippen LogP contribution in [0.3, 0.4) is 0 Å². The van der Waals surface area contributed by atoms with E-state index in [1.807, 2.05) is 48.5 Å². The molecule has 0 aliphatic heterocycles. The number of carboxylic acids is 1. The van der Waals surface area contributed by atoms with Crippen LogP contribution in [0.4, 0.5) is 4.79 Å². The van der Waals surface area contributed by atoms with Crippen molar-refractivity contribution in [3.05, 3.63) is 59.7 Å². The molecule has 10 nitrogen and oxygen atoms in total. The molecule has 0 spiro atoms. The molecule has 0 radical (unpaired) electrons. The van der Waals surface area contributed by atoms with Crippen LogP contribution in [-0.4, -0.2) is 73.9 Å². The number of amides is 2. The molecule has 34 heavy (non-hydrogen) atoms. The SMILES string of the molecule is CS(=O)(=O)CCC(NC(=O)OCC1c2ccccc2-c2ccccc21)C(=O)NCC(O)C(=O)O. The van der Waals surface area contributed by atoms with Crippen molar-refractivity contribution >= 4 is 27.8 Å². The highest BCUT2D eigenvalue weighted by molar-refractivity contribution is 7.90. The molecule has 2 unspecified atom stereocenters. The minimum atomic E-state index is -3.44. The van der Waals surface area contributed by atoms with E-state index in [2.05, 4.69) is 10.6 Å². The van der Waals surface area contributed by atoms with Crippen LogP contribution in [0, 0.1) is 0 Å². The number of fused-ring (bicyclic) bond motifs is 3. The Kier molecular flexibility index (Phi) is 7.90. The number of aliphatic hydroxyl groups excluding tert-OH is 1. The number of hydrogen-bond acceptors (Lipinski definition) is 7. The van der Waals surface area contributed by atoms with E-state index >= 15 is 0 Å². The van der Waals surface area contributed by atoms with E-state index in [1.54, 1.807) is 0 Å². The van der Waals surface area contributed by atoms with E-state index < -0.39 is 52.3 Å². The zero-order valence-corrected chi connectivity index (χ0v) is 19.2. The van der Waals surface area contributed by atoms with Crippen molar-refractivity contribution in [2.75, 3.05) is 25.2 Å². The number of hydrogen-bond donors (Lipinski definition) is 4. The molecule has 0 heterocycles. The van der Waals surface area contributed by atoms with Crippen molar-refractivity contribution in [1.29, 1.82) is 0 Å². The number of carbonyl (C=O) groups is 3. The monoisotopic (exact) mass is 490 g/mol. The summed E-state index contributed by atoms with van der Waals surface area (Å²) < 4.78 is 28.5. The second-order valence-electron chi connectivity index (χ2n) is 8.04. The van der Waals surface area contributed by atoms with Crippen molar-refractivity contribution in [1.82, 2.24) is 10.6 Å². The molecule has 0 saturated carbocycles. The van der Waals surface area contributed by atoms with Crippen LogP contribution < -0.4 is 10.6 Å². The van der Waals surface area contributed by atoms with Crippen LogP contribution in [-0.2, 0) is 24.2 Å². The summed E-state index contributed by atoms with van der Waals surface area (Å²) in [5.74, 6) is -2.96. The second-order valence-corrected chi connectivity index (χ2v) is 10.3. The topological polar surface area (TPSA) is 159 Å². The number of rotatable bonds is 10. The third-order valence-electron chi connectivity index (χ3n) is 5.48. The maximum absolute atomic E-state index is 12.5. The van der Waals surface area contributed by atoms with E-state index in [-0.39, 0.29) is 18.9 Å². The zero-order valence-electron chi connectivity index (χ0n) is 18.4. The number of aliphatic hydroxyl groups is 1. The van der Waals surface area contributed by atoms with Gasteiger partial charge in [-0.3, -0.25) is 4.79 Å². The highest BCUT2D eigenvalue weighted by Gasteiger charge is 2.30. The lowest BCUT2D eigenvalue weighted by Gasteiger charge is -2.20. The van der Waals surface area contributed by atoms with Crippen molar-refractivity contribution in [2.45, 2.75) is 24.5 Å². The molecule has 3 rings (SSSR count). The van der Waals surface area contributed by atoms with E-state index in [0.717, 1.165) is 28.5 Å². The number of ether oxygens (including phenoxy) is 1. The third kappa shape index (κ3) is 6.33. The van der Waals surface area contributed by atoms with Gasteiger partial charge in [0.25, 0.3) is 0 Å². The minimum absolute atomic E-state index is 0.00198. The number of sulfone groups is 1. The molecule has 4 N–H and O–H groups in total. The number of nitrogens with one attached hydrogen (secondary N) is 2. The molecule has 0 saturated heterocycles. The van der Waals surface area contributed by atoms with Gasteiger partial charge >= 0.3 is 12.1 Å². The molecule has 11 heteroatoms. The molecule has 2 aromatic carbocycles. The molecular weight excluding hydrogens is 464 g/mol. The van der Waals surface area contributed by atoms with Gasteiger partial charge in [0.05, 0.1) is 12.3 Å². The van der Waals surface area contributed by atoms with Gasteiger partial charge in [-0.05, 0) is 28.7 Å². The molecule has 2 aromatic rings. The van der Waals surface area contributed by atoms with Crippen LogP contribution in [0.15, 0.2) is 48.5 Å². The molecule has 0 fully saturated rings. The molecule has 0 bridgehead atoms. The molecule has 1 aliphatic carbocycles. The number of benzene rings is 2. The van der Waals surface area contributed by atoms with E-state index in [4.69, 9.17) is 9.84 Å². The third-order valence-corrected chi connectivity index (χ3v) is 6.46. The Morgan fingerprint density at radius 1 is 1.03 bits per heavy atom. The molecule has 0 aromatic heterocycles. The van der Waals surface area contributed by atoms with Gasteiger partial charge in [-0.1, -0.05) is 48.5 Å². The first-order chi connectivity index (χ1) is 16.1. The fourth-order valence-corrected chi connectivity index (χ4v) is 4.45. The van der Waals surface area contributed by atoms with Crippen LogP contribution in [0.1, 0.15) is 23.5 Å². The Morgan fingerprint density at radius 3 is 2.12 bits per heavy atom. The quantitative estimate of drug-likeness (QED) is 0.382. The highest BCUT2D eigenvalue weighted by atomic mass is 32.2. The summed E-state index contributed by atoms with van der Waals surface area (Å²) in [4.78, 5) is 35.7. The van der Waals surface area contributed by atoms with Gasteiger partial charge in [0.1, 0.15) is 22.5 Å². The maximum atomic E-state index is 12.5. The fraction of sp³-hybridized carbons (Fsp3) is 0.348. The largest absolute Gasteiger partial charge is 0.479 e. The highest BCUT2D eigenvalue weighted by Crippen LogP contribution is 2.44. The van der Waals surface area contributed by atoms with Crippen molar-refractivity contribution in [3.8, 4) is 11.1 Å². The van der Waals surface area contributed by atoms with Gasteiger partial charge in [0.2, 0.25) is 5.91 Å². The summed E-state index contributed by atoms with van der Waals surface area (Å²) in [7, 11) is -3.44. The first-order valence-electron chi connectivity index (χ1n) is 10.5. The predicted molar refractivity (Wildman–Crippen MR) is 123 cm³/mol. The summed E-state index contributed by atoms with van der Waals surface area (Å²) in [6.07, 6.45) is -2.02. The predicted octanol–water partition coefficient (Wildman–Crippen LogP) is 0.890. The van der Waals surface area contributed by atoms with Crippen LogP contribution in [0.25, 0.3) is 11.1 Å². The van der Waals surface area contributed by atoms with Gasteiger partial charge < -0.3 is 25.6 Å². The van der Waals surface area contributed by atoms with Crippen molar-refractivity contribution in [2.24, 2.45) is 0 Å². The summed E-state index contributed by atoms with van der Waals surface area (Å²) >= 11 is 0. The molecular formula is C23H26N2O8S. The summed E-state index contributed by atoms with van der Waals surface area (Å²) in [6.45, 7) is -0.603. The van der Waals surface area contributed by atoms with Crippen LogP contribution in [0.5, 0.6) is 0 Å². The Bertz CT molecular complexity index is 1140. The van der Waals surface area contributed by atoms with Crippen LogP contribution >= 0.6 is 0 Å². The second kappa shape index (κ2) is 10.7. The normalized spacial score (nSPS) is 14.4. The lowest BCUT2D eigenvalue weighted by Crippen LogP contribution is -2.50. The van der Waals surface area contributed by atoms with Gasteiger partial charge in [0, 0.05) is 12.2 Å². The fourth-order valence-electron chi connectivity index (χ4n) is 3.79. The molecule has 2 atom stereocenters. The Hall–Kier alpha value is -3.44. The van der Waals surface area contributed by atoms with E-state index in [1.165, 1.54) is 0 Å². The van der Waals surface area contributed by atoms with E-state index in [0.29, 0.717) is 0 Å². The smallest absolute Gasteiger partial charge is 0.407 e.